The number of rotatable bonds is 5. The zero-order valence-corrected chi connectivity index (χ0v) is 11.8. The third-order valence-corrected chi connectivity index (χ3v) is 3.55. The highest BCUT2D eigenvalue weighted by Gasteiger charge is 2.23. The van der Waals surface area contributed by atoms with Gasteiger partial charge in [0.05, 0.1) is 23.8 Å². The van der Waals surface area contributed by atoms with E-state index in [4.69, 9.17) is 4.74 Å². The molecule has 0 fully saturated rings. The smallest absolute Gasteiger partial charge is 0.337 e. The molecule has 0 spiro atoms. The second kappa shape index (κ2) is 6.95. The number of hydrogen-bond donors (Lipinski definition) is 2. The fraction of sp³-hybridized carbons (Fsp3) is 0.308. The summed E-state index contributed by atoms with van der Waals surface area (Å²) < 4.78 is 4.99. The SMILES string of the molecule is CCOC(=O)C1=C(CSc2ccccn2)NC(=O)NC1. The molecule has 0 aromatic carbocycles. The van der Waals surface area contributed by atoms with Crippen molar-refractivity contribution in [1.29, 1.82) is 0 Å². The van der Waals surface area contributed by atoms with Crippen LogP contribution in [0.3, 0.4) is 0 Å². The number of carbonyl (C=O) groups excluding carboxylic acids is 2. The average Bonchev–Trinajstić information content (AvgIpc) is 2.46. The Kier molecular flexibility index (Phi) is 5.00. The summed E-state index contributed by atoms with van der Waals surface area (Å²) >= 11 is 1.45. The molecule has 20 heavy (non-hydrogen) atoms. The van der Waals surface area contributed by atoms with Crippen LogP contribution in [0.25, 0.3) is 0 Å². The predicted molar refractivity (Wildman–Crippen MR) is 75.2 cm³/mol. The molecule has 0 radical (unpaired) electrons. The second-order valence-corrected chi connectivity index (χ2v) is 4.94. The number of carbonyl (C=O) groups is 2. The number of pyridine rings is 1. The van der Waals surface area contributed by atoms with Crippen molar-refractivity contribution in [3.63, 3.8) is 0 Å². The van der Waals surface area contributed by atoms with Crippen molar-refractivity contribution in [2.24, 2.45) is 0 Å². The van der Waals surface area contributed by atoms with Gasteiger partial charge in [-0.25, -0.2) is 14.6 Å². The Morgan fingerprint density at radius 3 is 3.05 bits per heavy atom. The van der Waals surface area contributed by atoms with E-state index >= 15 is 0 Å². The van der Waals surface area contributed by atoms with Crippen molar-refractivity contribution < 1.29 is 14.3 Å². The average molecular weight is 293 g/mol. The fourth-order valence-corrected chi connectivity index (χ4v) is 2.50. The number of amides is 2. The van der Waals surface area contributed by atoms with Gasteiger partial charge in [-0.3, -0.25) is 0 Å². The van der Waals surface area contributed by atoms with Crippen LogP contribution in [0.4, 0.5) is 4.79 Å². The number of esters is 1. The third-order valence-electron chi connectivity index (χ3n) is 2.58. The highest BCUT2D eigenvalue weighted by atomic mass is 32.2. The van der Waals surface area contributed by atoms with Crippen LogP contribution in [0.1, 0.15) is 6.92 Å². The lowest BCUT2D eigenvalue weighted by atomic mass is 10.2. The first kappa shape index (κ1) is 14.4. The minimum Gasteiger partial charge on any atom is -0.463 e. The Morgan fingerprint density at radius 1 is 1.50 bits per heavy atom. The maximum absolute atomic E-state index is 11.8. The van der Waals surface area contributed by atoms with Gasteiger partial charge in [0.15, 0.2) is 0 Å². The van der Waals surface area contributed by atoms with Gasteiger partial charge in [0.1, 0.15) is 0 Å². The lowest BCUT2D eigenvalue weighted by Crippen LogP contribution is -2.44. The molecular weight excluding hydrogens is 278 g/mol. The molecule has 1 aliphatic rings. The standard InChI is InChI=1S/C13H15N3O3S/c1-2-19-12(17)9-7-15-13(18)16-10(9)8-20-11-5-3-4-6-14-11/h3-6H,2,7-8H2,1H3,(H2,15,16,18). The van der Waals surface area contributed by atoms with Crippen molar-refractivity contribution in [3.05, 3.63) is 35.7 Å². The minimum atomic E-state index is -0.406. The Hall–Kier alpha value is -2.02. The molecule has 1 aliphatic heterocycles. The molecule has 0 saturated heterocycles. The molecule has 0 aliphatic carbocycles. The molecular formula is C13H15N3O3S. The first-order valence-electron chi connectivity index (χ1n) is 6.18. The zero-order valence-electron chi connectivity index (χ0n) is 11.0. The lowest BCUT2D eigenvalue weighted by molar-refractivity contribution is -0.138. The van der Waals surface area contributed by atoms with Gasteiger partial charge in [-0.15, -0.1) is 11.8 Å². The summed E-state index contributed by atoms with van der Waals surface area (Å²) in [6.45, 7) is 2.23. The number of urea groups is 1. The van der Waals surface area contributed by atoms with Gasteiger partial charge in [-0.05, 0) is 19.1 Å². The largest absolute Gasteiger partial charge is 0.463 e. The van der Waals surface area contributed by atoms with E-state index in [1.54, 1.807) is 13.1 Å². The van der Waals surface area contributed by atoms with E-state index in [-0.39, 0.29) is 12.6 Å². The number of thioether (sulfide) groups is 1. The van der Waals surface area contributed by atoms with Gasteiger partial charge in [0, 0.05) is 17.6 Å². The van der Waals surface area contributed by atoms with Crippen LogP contribution in [-0.4, -0.2) is 35.9 Å². The maximum Gasteiger partial charge on any atom is 0.337 e. The number of nitrogens with zero attached hydrogens (tertiary/aromatic N) is 1. The molecule has 2 amide bonds. The highest BCUT2D eigenvalue weighted by molar-refractivity contribution is 7.99. The molecule has 106 valence electrons. The Balaban J connectivity index is 2.10. The van der Waals surface area contributed by atoms with Crippen LogP contribution >= 0.6 is 11.8 Å². The number of nitrogens with one attached hydrogen (secondary N) is 2. The minimum absolute atomic E-state index is 0.183. The topological polar surface area (TPSA) is 80.3 Å². The number of hydrogen-bond acceptors (Lipinski definition) is 5. The molecule has 2 heterocycles. The van der Waals surface area contributed by atoms with Crippen LogP contribution in [0, 0.1) is 0 Å². The van der Waals surface area contributed by atoms with E-state index in [1.165, 1.54) is 11.8 Å². The number of aromatic nitrogens is 1. The normalized spacial score (nSPS) is 14.6. The maximum atomic E-state index is 11.8. The van der Waals surface area contributed by atoms with Gasteiger partial charge in [0.2, 0.25) is 0 Å². The van der Waals surface area contributed by atoms with Crippen molar-refractivity contribution in [2.75, 3.05) is 18.9 Å². The van der Waals surface area contributed by atoms with Crippen molar-refractivity contribution in [1.82, 2.24) is 15.6 Å². The molecule has 0 bridgehead atoms. The summed E-state index contributed by atoms with van der Waals surface area (Å²) in [7, 11) is 0. The highest BCUT2D eigenvalue weighted by Crippen LogP contribution is 2.19. The summed E-state index contributed by atoms with van der Waals surface area (Å²) in [4.78, 5) is 27.4. The van der Waals surface area contributed by atoms with Gasteiger partial charge in [0.25, 0.3) is 0 Å². The van der Waals surface area contributed by atoms with E-state index in [9.17, 15) is 9.59 Å². The van der Waals surface area contributed by atoms with Crippen molar-refractivity contribution in [3.8, 4) is 0 Å². The molecule has 0 atom stereocenters. The Labute approximate surface area is 121 Å². The van der Waals surface area contributed by atoms with Gasteiger partial charge in [-0.2, -0.15) is 0 Å². The summed E-state index contributed by atoms with van der Waals surface area (Å²) in [6, 6.07) is 5.28. The molecule has 2 N–H and O–H groups in total. The Bertz CT molecular complexity index is 531. The summed E-state index contributed by atoms with van der Waals surface area (Å²) in [6.07, 6.45) is 1.70. The monoisotopic (exact) mass is 293 g/mol. The molecule has 6 nitrogen and oxygen atoms in total. The van der Waals surface area contributed by atoms with Crippen LogP contribution in [0.5, 0.6) is 0 Å². The van der Waals surface area contributed by atoms with E-state index in [1.807, 2.05) is 18.2 Å². The van der Waals surface area contributed by atoms with Crippen LogP contribution in [0.2, 0.25) is 0 Å². The van der Waals surface area contributed by atoms with E-state index in [0.29, 0.717) is 23.6 Å². The second-order valence-electron chi connectivity index (χ2n) is 3.94. The van der Waals surface area contributed by atoms with Crippen LogP contribution in [-0.2, 0) is 9.53 Å². The predicted octanol–water partition coefficient (Wildman–Crippen LogP) is 1.30. The van der Waals surface area contributed by atoms with Gasteiger partial charge >= 0.3 is 12.0 Å². The number of ether oxygens (including phenoxy) is 1. The first-order chi connectivity index (χ1) is 9.70. The fourth-order valence-electron chi connectivity index (χ4n) is 1.65. The van der Waals surface area contributed by atoms with E-state index in [2.05, 4.69) is 15.6 Å². The summed E-state index contributed by atoms with van der Waals surface area (Å²) in [5, 5.41) is 6.05. The molecule has 0 saturated carbocycles. The van der Waals surface area contributed by atoms with Gasteiger partial charge < -0.3 is 15.4 Å². The zero-order chi connectivity index (χ0) is 14.4. The molecule has 1 aromatic heterocycles. The van der Waals surface area contributed by atoms with Gasteiger partial charge in [-0.1, -0.05) is 6.07 Å². The quantitative estimate of drug-likeness (QED) is 0.632. The summed E-state index contributed by atoms with van der Waals surface area (Å²) in [5.74, 6) is 0.0510. The first-order valence-corrected chi connectivity index (χ1v) is 7.17. The third kappa shape index (κ3) is 3.74. The van der Waals surface area contributed by atoms with Crippen molar-refractivity contribution >= 4 is 23.8 Å². The lowest BCUT2D eigenvalue weighted by Gasteiger charge is -2.20. The molecule has 2 rings (SSSR count). The van der Waals surface area contributed by atoms with Crippen LogP contribution < -0.4 is 10.6 Å². The molecule has 1 aromatic rings. The van der Waals surface area contributed by atoms with E-state index < -0.39 is 5.97 Å². The molecule has 7 heteroatoms. The van der Waals surface area contributed by atoms with Crippen LogP contribution in [0.15, 0.2) is 40.7 Å². The molecule has 0 unspecified atom stereocenters. The van der Waals surface area contributed by atoms with E-state index in [0.717, 1.165) is 5.03 Å². The summed E-state index contributed by atoms with van der Waals surface area (Å²) in [5.41, 5.74) is 1.03. The Morgan fingerprint density at radius 2 is 2.35 bits per heavy atom. The van der Waals surface area contributed by atoms with Crippen molar-refractivity contribution in [2.45, 2.75) is 11.9 Å².